The third-order valence-corrected chi connectivity index (χ3v) is 4.89. The third kappa shape index (κ3) is 2.13. The van der Waals surface area contributed by atoms with Gasteiger partial charge in [0.1, 0.15) is 0 Å². The van der Waals surface area contributed by atoms with E-state index in [1.807, 2.05) is 0 Å². The zero-order chi connectivity index (χ0) is 10.7. The molecule has 0 bridgehead atoms. The Bertz CT molecular complexity index is 397. The summed E-state index contributed by atoms with van der Waals surface area (Å²) in [5.41, 5.74) is 0. The Hall–Kier alpha value is -0.281. The molecule has 0 N–H and O–H groups in total. The summed E-state index contributed by atoms with van der Waals surface area (Å²) < 4.78 is 0. The van der Waals surface area contributed by atoms with Crippen LogP contribution in [0.4, 0.5) is 0 Å². The normalized spacial score (nSPS) is 11.6. The van der Waals surface area contributed by atoms with Gasteiger partial charge in [0.25, 0.3) is 0 Å². The zero-order valence-electron chi connectivity index (χ0n) is 7.74. The van der Waals surface area contributed by atoms with Crippen LogP contribution in [-0.4, -0.2) is 0 Å². The fourth-order valence-corrected chi connectivity index (χ4v) is 1.09. The van der Waals surface area contributed by atoms with Crippen molar-refractivity contribution in [2.24, 2.45) is 0 Å². The maximum absolute atomic E-state index is 8.58. The van der Waals surface area contributed by atoms with Gasteiger partial charge in [-0.2, -0.15) is 0 Å². The minimum absolute atomic E-state index is 0. The molecule has 0 amide bonds. The quantitative estimate of drug-likeness (QED) is 0.439. The first kappa shape index (κ1) is 20.2. The molecule has 0 aliphatic carbocycles. The number of hydrogen-bond donors (Lipinski definition) is 0. The third-order valence-electron chi connectivity index (χ3n) is 1.19. The van der Waals surface area contributed by atoms with Gasteiger partial charge in [0.05, 0.1) is 0 Å². The molecule has 0 aromatic rings. The summed E-state index contributed by atoms with van der Waals surface area (Å²) in [5, 5.41) is 51.5. The van der Waals surface area contributed by atoms with Crippen LogP contribution in [0.5, 0.6) is 0 Å². The van der Waals surface area contributed by atoms with E-state index >= 15 is 0 Å². The van der Waals surface area contributed by atoms with Crippen LogP contribution >= 0.6 is 0 Å². The van der Waals surface area contributed by atoms with Gasteiger partial charge in [-0.1, -0.05) is 0 Å². The first-order valence-electron chi connectivity index (χ1n) is 2.40. The fourth-order valence-electron chi connectivity index (χ4n) is 0.265. The molecule has 0 atom stereocenters. The predicted molar refractivity (Wildman–Crippen MR) is 33.7 cm³/mol. The van der Waals surface area contributed by atoms with E-state index in [0.29, 0.717) is 0 Å². The molecule has 0 aromatic carbocycles. The van der Waals surface area contributed by atoms with Gasteiger partial charge < -0.3 is 0 Å². The second kappa shape index (κ2) is 5.17. The smallest absolute Gasteiger partial charge is 1.00 e. The second-order valence-corrected chi connectivity index (χ2v) is 7.42. The Kier molecular flexibility index (Phi) is 6.95. The largest absolute Gasteiger partial charge is 2.00 e. The van der Waals surface area contributed by atoms with Gasteiger partial charge in [0, 0.05) is 0 Å². The molecule has 0 heterocycles. The monoisotopic (exact) mass is 315 g/mol. The molecule has 9 heteroatoms. The van der Waals surface area contributed by atoms with Gasteiger partial charge in [-0.05, 0) is 0 Å². The van der Waals surface area contributed by atoms with E-state index in [9.17, 15) is 0 Å². The van der Waals surface area contributed by atoms with Crippen molar-refractivity contribution in [3.63, 3.8) is 0 Å². The molecule has 0 aliphatic rings. The van der Waals surface area contributed by atoms with Crippen molar-refractivity contribution >= 4 is 0 Å². The topological polar surface area (TPSA) is 143 Å². The average Bonchev–Trinajstić information content (AvgIpc) is 2.26. The molecule has 0 radical (unpaired) electrons. The molecular weight excluding hydrogens is 316 g/mol. The Morgan fingerprint density at radius 2 is 0.667 bits per heavy atom. The first-order valence-corrected chi connectivity index (χ1v) is 5.71. The zero-order valence-corrected chi connectivity index (χ0v) is 14.9. The van der Waals surface area contributed by atoms with Crippen LogP contribution in [0.3, 0.4) is 0 Å². The van der Waals surface area contributed by atoms with E-state index < -0.39 is 10.7 Å². The molecule has 0 saturated heterocycles. The van der Waals surface area contributed by atoms with Crippen LogP contribution in [-0.2, 0) is 30.2 Å². The first-order chi connectivity index (χ1) is 5.97. The Morgan fingerprint density at radius 1 is 0.533 bits per heavy atom. The Balaban J connectivity index is -0.000000720. The minimum atomic E-state index is -6.17. The van der Waals surface area contributed by atoms with Crippen molar-refractivity contribution in [2.75, 3.05) is 0 Å². The molecule has 0 rings (SSSR count). The van der Waals surface area contributed by atoms with Gasteiger partial charge in [-0.25, -0.2) is 0 Å². The van der Waals surface area contributed by atoms with Gasteiger partial charge >= 0.3 is 143 Å². The Labute approximate surface area is 140 Å². The van der Waals surface area contributed by atoms with Gasteiger partial charge in [-0.15, -0.1) is 0 Å². The molecule has 0 aliphatic heterocycles. The van der Waals surface area contributed by atoms with Crippen LogP contribution in [0, 0.1) is 61.4 Å². The van der Waals surface area contributed by atoms with E-state index in [-0.39, 0.29) is 70.9 Å². The van der Waals surface area contributed by atoms with E-state index in [4.69, 9.17) is 31.6 Å². The molecule has 6 nitrogen and oxygen atoms in total. The molecule has 0 aromatic heterocycles. The predicted octanol–water partition coefficient (Wildman–Crippen LogP) is -2.90. The molecule has 15 heavy (non-hydrogen) atoms. The number of nitriles is 6. The number of nitrogens with zero attached hydrogens (tertiary/aromatic N) is 6. The standard InChI is InChI=1S/6CN.Fe.K.Zn/c6*1-2;;;/q;;;;;;-3;+1;+2. The van der Waals surface area contributed by atoms with Gasteiger partial charge in [0.2, 0.25) is 0 Å². The molecule has 0 saturated carbocycles. The number of rotatable bonds is 0. The maximum Gasteiger partial charge on any atom is 2.00 e. The summed E-state index contributed by atoms with van der Waals surface area (Å²) in [7, 11) is -6.17. The molecular formula is C6FeKN6Zn. The van der Waals surface area contributed by atoms with Crippen molar-refractivity contribution in [1.82, 2.24) is 0 Å². The van der Waals surface area contributed by atoms with Gasteiger partial charge in [-0.3, -0.25) is 0 Å². The van der Waals surface area contributed by atoms with Crippen LogP contribution in [0.25, 0.3) is 0 Å². The van der Waals surface area contributed by atoms with Gasteiger partial charge in [0.15, 0.2) is 0 Å². The summed E-state index contributed by atoms with van der Waals surface area (Å²) in [5.74, 6) is 0. The summed E-state index contributed by atoms with van der Waals surface area (Å²) >= 11 is 0. The van der Waals surface area contributed by atoms with Crippen molar-refractivity contribution < 1.29 is 81.6 Å². The SMILES string of the molecule is N#[C][Fe-3]([C]#N)([C]#N)([C]#N)([C]#N)[C]#N.[K+].[Zn+2]. The van der Waals surface area contributed by atoms with Crippen molar-refractivity contribution in [3.8, 4) is 29.8 Å². The fraction of sp³-hybridized carbons (Fsp3) is 0. The minimum Gasteiger partial charge on any atom is 1.00 e. The van der Waals surface area contributed by atoms with Crippen LogP contribution in [0.15, 0.2) is 0 Å². The number of hydrogen-bond acceptors (Lipinski definition) is 6. The average molecular weight is 316 g/mol. The van der Waals surface area contributed by atoms with Crippen LogP contribution in [0.1, 0.15) is 0 Å². The van der Waals surface area contributed by atoms with Crippen molar-refractivity contribution in [1.29, 1.82) is 31.6 Å². The van der Waals surface area contributed by atoms with Crippen LogP contribution < -0.4 is 51.4 Å². The molecule has 0 unspecified atom stereocenters. The molecule has 65 valence electrons. The second-order valence-electron chi connectivity index (χ2n) is 1.80. The summed E-state index contributed by atoms with van der Waals surface area (Å²) in [6, 6.07) is 0. The van der Waals surface area contributed by atoms with E-state index in [1.54, 1.807) is 0 Å². The summed E-state index contributed by atoms with van der Waals surface area (Å²) in [6.45, 7) is 0. The molecule has 0 fully saturated rings. The maximum atomic E-state index is 8.58. The van der Waals surface area contributed by atoms with Crippen LogP contribution in [0.2, 0.25) is 0 Å². The summed E-state index contributed by atoms with van der Waals surface area (Å²) in [6.07, 6.45) is 0. The molecule has 0 spiro atoms. The van der Waals surface area contributed by atoms with Crippen molar-refractivity contribution in [3.05, 3.63) is 0 Å². The van der Waals surface area contributed by atoms with E-state index in [0.717, 1.165) is 29.8 Å². The van der Waals surface area contributed by atoms with E-state index in [1.165, 1.54) is 0 Å². The summed E-state index contributed by atoms with van der Waals surface area (Å²) in [4.78, 5) is 6.19. The van der Waals surface area contributed by atoms with E-state index in [2.05, 4.69) is 0 Å². The van der Waals surface area contributed by atoms with Crippen molar-refractivity contribution in [2.45, 2.75) is 0 Å². The Morgan fingerprint density at radius 3 is 0.667 bits per heavy atom.